The van der Waals surface area contributed by atoms with Crippen LogP contribution in [0.15, 0.2) is 16.7 Å². The minimum Gasteiger partial charge on any atom is -0.478 e. The van der Waals surface area contributed by atoms with E-state index >= 15 is 0 Å². The SMILES string of the molecule is CS(=O)(=O)C1CSCCN1c1ncc(Br)cc1C(=O)O. The monoisotopic (exact) mass is 380 g/mol. The fourth-order valence-electron chi connectivity index (χ4n) is 2.00. The van der Waals surface area contributed by atoms with Gasteiger partial charge in [-0.3, -0.25) is 0 Å². The summed E-state index contributed by atoms with van der Waals surface area (Å²) in [5, 5.41) is 8.53. The third-order valence-electron chi connectivity index (χ3n) is 2.91. The smallest absolute Gasteiger partial charge is 0.339 e. The predicted octanol–water partition coefficient (Wildman–Crippen LogP) is 1.47. The molecule has 1 aromatic rings. The third kappa shape index (κ3) is 3.26. The highest BCUT2D eigenvalue weighted by molar-refractivity contribution is 9.10. The highest BCUT2D eigenvalue weighted by atomic mass is 79.9. The van der Waals surface area contributed by atoms with Crippen LogP contribution in [0, 0.1) is 0 Å². The summed E-state index contributed by atoms with van der Waals surface area (Å²) in [6.07, 6.45) is 2.64. The summed E-state index contributed by atoms with van der Waals surface area (Å²) in [7, 11) is -3.32. The molecule has 2 heterocycles. The van der Waals surface area contributed by atoms with Gasteiger partial charge in [-0.15, -0.1) is 0 Å². The standard InChI is InChI=1S/C11H13BrN2O4S2/c1-20(17,18)9-6-19-3-2-14(9)10-8(11(15)16)4-7(12)5-13-10/h4-5,9H,2-3,6H2,1H3,(H,15,16). The number of rotatable bonds is 3. The molecule has 1 aromatic heterocycles. The third-order valence-corrected chi connectivity index (χ3v) is 5.99. The van der Waals surface area contributed by atoms with Crippen molar-refractivity contribution >= 4 is 49.3 Å². The molecule has 0 spiro atoms. The molecule has 9 heteroatoms. The lowest BCUT2D eigenvalue weighted by atomic mass is 10.2. The van der Waals surface area contributed by atoms with Gasteiger partial charge in [0.2, 0.25) is 0 Å². The lowest BCUT2D eigenvalue weighted by Crippen LogP contribution is -2.48. The maximum absolute atomic E-state index is 11.9. The molecule has 1 aliphatic heterocycles. The van der Waals surface area contributed by atoms with Crippen LogP contribution in [-0.4, -0.2) is 54.2 Å². The molecule has 110 valence electrons. The van der Waals surface area contributed by atoms with Crippen LogP contribution < -0.4 is 4.90 Å². The molecule has 20 heavy (non-hydrogen) atoms. The molecule has 1 N–H and O–H groups in total. The van der Waals surface area contributed by atoms with E-state index in [2.05, 4.69) is 20.9 Å². The van der Waals surface area contributed by atoms with Crippen molar-refractivity contribution in [2.45, 2.75) is 5.37 Å². The Hall–Kier alpha value is -0.800. The number of halogens is 1. The summed E-state index contributed by atoms with van der Waals surface area (Å²) in [6.45, 7) is 0.456. The molecule has 1 atom stereocenters. The van der Waals surface area contributed by atoms with Crippen LogP contribution in [0.25, 0.3) is 0 Å². The molecule has 0 amide bonds. The molecule has 1 aliphatic rings. The zero-order valence-corrected chi connectivity index (χ0v) is 13.8. The first kappa shape index (κ1) is 15.6. The lowest BCUT2D eigenvalue weighted by Gasteiger charge is -2.35. The van der Waals surface area contributed by atoms with Crippen LogP contribution in [0.2, 0.25) is 0 Å². The minimum absolute atomic E-state index is 0.0000694. The predicted molar refractivity (Wildman–Crippen MR) is 82.2 cm³/mol. The molecule has 0 bridgehead atoms. The van der Waals surface area contributed by atoms with Crippen LogP contribution in [0.1, 0.15) is 10.4 Å². The van der Waals surface area contributed by atoms with Gasteiger partial charge in [-0.2, -0.15) is 11.8 Å². The summed E-state index contributed by atoms with van der Waals surface area (Å²) in [5.41, 5.74) is -0.0000694. The summed E-state index contributed by atoms with van der Waals surface area (Å²) in [6, 6.07) is 1.44. The van der Waals surface area contributed by atoms with Crippen molar-refractivity contribution in [2.75, 3.05) is 29.2 Å². The number of carboxylic acids is 1. The van der Waals surface area contributed by atoms with E-state index in [9.17, 15) is 18.3 Å². The van der Waals surface area contributed by atoms with Crippen LogP contribution in [0.3, 0.4) is 0 Å². The zero-order chi connectivity index (χ0) is 14.9. The van der Waals surface area contributed by atoms with Gasteiger partial charge < -0.3 is 10.0 Å². The quantitative estimate of drug-likeness (QED) is 0.848. The number of carboxylic acid groups (broad SMARTS) is 1. The van der Waals surface area contributed by atoms with Gasteiger partial charge in [0.1, 0.15) is 16.8 Å². The van der Waals surface area contributed by atoms with Crippen molar-refractivity contribution in [1.82, 2.24) is 4.98 Å². The second-order valence-corrected chi connectivity index (χ2v) is 8.65. The average Bonchev–Trinajstić information content (AvgIpc) is 2.37. The largest absolute Gasteiger partial charge is 0.478 e. The number of aromatic carboxylic acids is 1. The molecule has 2 rings (SSSR count). The highest BCUT2D eigenvalue weighted by Crippen LogP contribution is 2.29. The van der Waals surface area contributed by atoms with Crippen molar-refractivity contribution < 1.29 is 18.3 Å². The second kappa shape index (κ2) is 5.90. The van der Waals surface area contributed by atoms with Gasteiger partial charge in [-0.05, 0) is 22.0 Å². The van der Waals surface area contributed by atoms with E-state index in [1.54, 1.807) is 16.7 Å². The number of thioether (sulfide) groups is 1. The fraction of sp³-hybridized carbons (Fsp3) is 0.455. The van der Waals surface area contributed by atoms with Gasteiger partial charge in [0, 0.05) is 35.0 Å². The van der Waals surface area contributed by atoms with Gasteiger partial charge in [0.15, 0.2) is 9.84 Å². The van der Waals surface area contributed by atoms with Crippen molar-refractivity contribution in [3.05, 3.63) is 22.3 Å². The average molecular weight is 381 g/mol. The van der Waals surface area contributed by atoms with Crippen molar-refractivity contribution in [3.63, 3.8) is 0 Å². The Labute approximate surface area is 129 Å². The Morgan fingerprint density at radius 2 is 2.30 bits per heavy atom. The van der Waals surface area contributed by atoms with Crippen molar-refractivity contribution in [2.24, 2.45) is 0 Å². The first-order valence-corrected chi connectivity index (χ1v) is 9.63. The summed E-state index contributed by atoms with van der Waals surface area (Å²) in [5.74, 6) is 0.231. The normalized spacial score (nSPS) is 19.9. The fourth-order valence-corrected chi connectivity index (χ4v) is 5.15. The van der Waals surface area contributed by atoms with Crippen molar-refractivity contribution in [1.29, 1.82) is 0 Å². The molecule has 1 fully saturated rings. The summed E-state index contributed by atoms with van der Waals surface area (Å²) >= 11 is 4.72. The number of anilines is 1. The van der Waals surface area contributed by atoms with Gasteiger partial charge >= 0.3 is 5.97 Å². The molecule has 0 aliphatic carbocycles. The van der Waals surface area contributed by atoms with E-state index < -0.39 is 21.2 Å². The van der Waals surface area contributed by atoms with Crippen LogP contribution in [0.5, 0.6) is 0 Å². The Kier molecular flexibility index (Phi) is 4.60. The van der Waals surface area contributed by atoms with Crippen LogP contribution in [-0.2, 0) is 9.84 Å². The molecular formula is C11H13BrN2O4S2. The second-order valence-electron chi connectivity index (χ2n) is 4.38. The number of pyridine rings is 1. The molecule has 6 nitrogen and oxygen atoms in total. The number of nitrogens with zero attached hydrogens (tertiary/aromatic N) is 2. The highest BCUT2D eigenvalue weighted by Gasteiger charge is 2.34. The van der Waals surface area contributed by atoms with E-state index in [0.717, 1.165) is 12.0 Å². The van der Waals surface area contributed by atoms with Gasteiger partial charge in [0.25, 0.3) is 0 Å². The molecule has 1 saturated heterocycles. The molecule has 0 radical (unpaired) electrons. The van der Waals surface area contributed by atoms with Crippen LogP contribution >= 0.6 is 27.7 Å². The number of carbonyl (C=O) groups is 1. The number of sulfone groups is 1. The summed E-state index contributed by atoms with van der Waals surface area (Å²) in [4.78, 5) is 17.0. The van der Waals surface area contributed by atoms with Crippen molar-refractivity contribution in [3.8, 4) is 0 Å². The van der Waals surface area contributed by atoms with Gasteiger partial charge in [0.05, 0.1) is 0 Å². The maximum atomic E-state index is 11.9. The number of hydrogen-bond donors (Lipinski definition) is 1. The Morgan fingerprint density at radius 1 is 1.60 bits per heavy atom. The topological polar surface area (TPSA) is 87.6 Å². The molecular weight excluding hydrogens is 368 g/mol. The molecule has 1 unspecified atom stereocenters. The molecule has 0 aromatic carbocycles. The Morgan fingerprint density at radius 3 is 2.90 bits per heavy atom. The van der Waals surface area contributed by atoms with E-state index in [-0.39, 0.29) is 11.4 Å². The number of hydrogen-bond acceptors (Lipinski definition) is 6. The number of aromatic nitrogens is 1. The van der Waals surface area contributed by atoms with E-state index in [1.165, 1.54) is 12.3 Å². The van der Waals surface area contributed by atoms with Gasteiger partial charge in [-0.1, -0.05) is 0 Å². The van der Waals surface area contributed by atoms with E-state index in [1.807, 2.05) is 0 Å². The zero-order valence-electron chi connectivity index (χ0n) is 10.6. The first-order chi connectivity index (χ1) is 9.30. The minimum atomic E-state index is -3.32. The maximum Gasteiger partial charge on any atom is 0.339 e. The van der Waals surface area contributed by atoms with E-state index in [4.69, 9.17) is 0 Å². The molecule has 0 saturated carbocycles. The summed E-state index contributed by atoms with van der Waals surface area (Å²) < 4.78 is 24.3. The Bertz CT molecular complexity index is 635. The lowest BCUT2D eigenvalue weighted by molar-refractivity contribution is 0.0697. The van der Waals surface area contributed by atoms with Crippen LogP contribution in [0.4, 0.5) is 5.82 Å². The van der Waals surface area contributed by atoms with E-state index in [0.29, 0.717) is 16.8 Å². The van der Waals surface area contributed by atoms with Gasteiger partial charge in [-0.25, -0.2) is 18.2 Å². The first-order valence-electron chi connectivity index (χ1n) is 5.73. The Balaban J connectivity index is 2.50.